The molecule has 0 atom stereocenters. The van der Waals surface area contributed by atoms with Crippen molar-refractivity contribution in [2.45, 2.75) is 13.8 Å². The summed E-state index contributed by atoms with van der Waals surface area (Å²) in [6.07, 6.45) is 0. The van der Waals surface area contributed by atoms with Gasteiger partial charge in [-0.1, -0.05) is 17.7 Å². The summed E-state index contributed by atoms with van der Waals surface area (Å²) < 4.78 is 5.65. The summed E-state index contributed by atoms with van der Waals surface area (Å²) in [5, 5.41) is 8.76. The van der Waals surface area contributed by atoms with E-state index in [4.69, 9.17) is 4.74 Å². The highest BCUT2D eigenvalue weighted by Gasteiger charge is 2.27. The molecule has 1 aliphatic heterocycles. The first kappa shape index (κ1) is 22.0. The number of guanidine groups is 1. The molecular weight excluding hydrogens is 449 g/mol. The molecular formula is C17H26IN5O3. The lowest BCUT2D eigenvalue weighted by Crippen LogP contribution is -2.40. The van der Waals surface area contributed by atoms with Gasteiger partial charge in [0.05, 0.1) is 26.2 Å². The number of carbonyl (C=O) groups is 2. The maximum absolute atomic E-state index is 11.5. The minimum atomic E-state index is -0.357. The Morgan fingerprint density at radius 1 is 1.27 bits per heavy atom. The number of aryl methyl sites for hydroxylation is 1. The third kappa shape index (κ3) is 7.06. The van der Waals surface area contributed by atoms with Crippen molar-refractivity contribution in [2.24, 2.45) is 4.99 Å². The number of benzene rings is 1. The van der Waals surface area contributed by atoms with Crippen LogP contribution in [-0.2, 0) is 4.79 Å². The molecule has 1 aromatic carbocycles. The van der Waals surface area contributed by atoms with Crippen LogP contribution in [0.15, 0.2) is 29.3 Å². The van der Waals surface area contributed by atoms with E-state index >= 15 is 0 Å². The predicted molar refractivity (Wildman–Crippen MR) is 111 cm³/mol. The number of urea groups is 1. The third-order valence-corrected chi connectivity index (χ3v) is 3.56. The van der Waals surface area contributed by atoms with Crippen LogP contribution < -0.4 is 20.7 Å². The van der Waals surface area contributed by atoms with Crippen molar-refractivity contribution in [1.82, 2.24) is 20.9 Å². The fourth-order valence-electron chi connectivity index (χ4n) is 2.26. The molecule has 1 heterocycles. The number of amides is 3. The van der Waals surface area contributed by atoms with Crippen LogP contribution in [-0.4, -0.2) is 62.1 Å². The Labute approximate surface area is 170 Å². The molecule has 1 saturated heterocycles. The topological polar surface area (TPSA) is 95.1 Å². The van der Waals surface area contributed by atoms with Gasteiger partial charge in [-0.05, 0) is 26.0 Å². The van der Waals surface area contributed by atoms with Gasteiger partial charge in [0.15, 0.2) is 5.96 Å². The monoisotopic (exact) mass is 475 g/mol. The van der Waals surface area contributed by atoms with Crippen LogP contribution in [0.3, 0.4) is 0 Å². The number of rotatable bonds is 8. The first-order chi connectivity index (χ1) is 12.1. The lowest BCUT2D eigenvalue weighted by atomic mass is 10.2. The van der Waals surface area contributed by atoms with Crippen molar-refractivity contribution < 1.29 is 14.3 Å². The molecule has 3 N–H and O–H groups in total. The molecule has 0 unspecified atom stereocenters. The highest BCUT2D eigenvalue weighted by molar-refractivity contribution is 14.0. The number of nitrogens with zero attached hydrogens (tertiary/aromatic N) is 2. The largest absolute Gasteiger partial charge is 0.492 e. The normalized spacial score (nSPS) is 13.9. The molecule has 1 aliphatic rings. The molecule has 9 heteroatoms. The summed E-state index contributed by atoms with van der Waals surface area (Å²) in [5.41, 5.74) is 1.19. The molecule has 0 bridgehead atoms. The number of hydrogen-bond donors (Lipinski definition) is 3. The van der Waals surface area contributed by atoms with Gasteiger partial charge in [0.25, 0.3) is 0 Å². The van der Waals surface area contributed by atoms with E-state index in [0.29, 0.717) is 32.2 Å². The van der Waals surface area contributed by atoms with Crippen LogP contribution in [0.4, 0.5) is 4.79 Å². The van der Waals surface area contributed by atoms with Crippen LogP contribution >= 0.6 is 24.0 Å². The van der Waals surface area contributed by atoms with E-state index in [1.165, 1.54) is 10.5 Å². The Morgan fingerprint density at radius 2 is 2.00 bits per heavy atom. The highest BCUT2D eigenvalue weighted by atomic mass is 127. The predicted octanol–water partition coefficient (Wildman–Crippen LogP) is 1.10. The number of halogens is 1. The van der Waals surface area contributed by atoms with Crippen LogP contribution in [0, 0.1) is 6.92 Å². The molecule has 0 radical (unpaired) electrons. The van der Waals surface area contributed by atoms with E-state index in [-0.39, 0.29) is 49.0 Å². The lowest BCUT2D eigenvalue weighted by Gasteiger charge is -2.14. The second-order valence-corrected chi connectivity index (χ2v) is 5.55. The molecule has 3 amide bonds. The molecule has 26 heavy (non-hydrogen) atoms. The summed E-state index contributed by atoms with van der Waals surface area (Å²) >= 11 is 0. The summed E-state index contributed by atoms with van der Waals surface area (Å²) in [4.78, 5) is 28.5. The molecule has 0 aliphatic carbocycles. The SMILES string of the molecule is CCNC(=NCCN1C(=O)CNC1=O)NCCOc1ccc(C)cc1.I. The third-order valence-electron chi connectivity index (χ3n) is 3.56. The van der Waals surface area contributed by atoms with Gasteiger partial charge in [-0.3, -0.25) is 14.7 Å². The van der Waals surface area contributed by atoms with Crippen molar-refractivity contribution in [3.05, 3.63) is 29.8 Å². The maximum Gasteiger partial charge on any atom is 0.324 e. The van der Waals surface area contributed by atoms with Crippen molar-refractivity contribution in [2.75, 3.05) is 39.3 Å². The molecule has 0 spiro atoms. The second-order valence-electron chi connectivity index (χ2n) is 5.55. The van der Waals surface area contributed by atoms with Crippen LogP contribution in [0.1, 0.15) is 12.5 Å². The first-order valence-electron chi connectivity index (χ1n) is 8.40. The average Bonchev–Trinajstić information content (AvgIpc) is 2.92. The number of carbonyl (C=O) groups excluding carboxylic acids is 2. The average molecular weight is 475 g/mol. The van der Waals surface area contributed by atoms with Gasteiger partial charge in [-0.15, -0.1) is 24.0 Å². The smallest absolute Gasteiger partial charge is 0.324 e. The second kappa shape index (κ2) is 11.6. The van der Waals surface area contributed by atoms with Crippen LogP contribution in [0.5, 0.6) is 5.75 Å². The molecule has 2 rings (SSSR count). The summed E-state index contributed by atoms with van der Waals surface area (Å²) in [6, 6.07) is 7.53. The van der Waals surface area contributed by atoms with Crippen LogP contribution in [0.2, 0.25) is 0 Å². The van der Waals surface area contributed by atoms with E-state index in [2.05, 4.69) is 20.9 Å². The standard InChI is InChI=1S/C17H25N5O3.HI/c1-3-18-16(19-8-10-22-15(23)12-21-17(22)24)20-9-11-25-14-6-4-13(2)5-7-14;/h4-7H,3,8-12H2,1-2H3,(H,21,24)(H2,18,19,20);1H. The molecule has 8 nitrogen and oxygen atoms in total. The lowest BCUT2D eigenvalue weighted by molar-refractivity contribution is -0.124. The summed E-state index contributed by atoms with van der Waals surface area (Å²) in [7, 11) is 0. The Morgan fingerprint density at radius 3 is 2.62 bits per heavy atom. The Hall–Kier alpha value is -2.04. The number of nitrogens with one attached hydrogen (secondary N) is 3. The first-order valence-corrected chi connectivity index (χ1v) is 8.40. The van der Waals surface area contributed by atoms with E-state index in [1.807, 2.05) is 38.1 Å². The van der Waals surface area contributed by atoms with Gasteiger partial charge in [0.2, 0.25) is 5.91 Å². The Balaban J connectivity index is 0.00000338. The minimum Gasteiger partial charge on any atom is -0.492 e. The van der Waals surface area contributed by atoms with E-state index in [1.54, 1.807) is 0 Å². The van der Waals surface area contributed by atoms with Crippen molar-refractivity contribution in [3.8, 4) is 5.75 Å². The fourth-order valence-corrected chi connectivity index (χ4v) is 2.26. The highest BCUT2D eigenvalue weighted by Crippen LogP contribution is 2.10. The molecule has 0 saturated carbocycles. The van der Waals surface area contributed by atoms with Crippen molar-refractivity contribution in [1.29, 1.82) is 0 Å². The van der Waals surface area contributed by atoms with Gasteiger partial charge in [0, 0.05) is 6.54 Å². The Kier molecular flexibility index (Phi) is 9.78. The molecule has 0 aromatic heterocycles. The van der Waals surface area contributed by atoms with E-state index in [9.17, 15) is 9.59 Å². The zero-order valence-electron chi connectivity index (χ0n) is 15.1. The van der Waals surface area contributed by atoms with Gasteiger partial charge < -0.3 is 20.7 Å². The molecule has 1 fully saturated rings. The van der Waals surface area contributed by atoms with Gasteiger partial charge >= 0.3 is 6.03 Å². The summed E-state index contributed by atoms with van der Waals surface area (Å²) in [5.74, 6) is 1.24. The van der Waals surface area contributed by atoms with E-state index < -0.39 is 0 Å². The number of aliphatic imine (C=N–C) groups is 1. The Bertz CT molecular complexity index is 605. The maximum atomic E-state index is 11.5. The number of ether oxygens (including phenoxy) is 1. The van der Waals surface area contributed by atoms with E-state index in [0.717, 1.165) is 5.75 Å². The van der Waals surface area contributed by atoms with Gasteiger partial charge in [-0.25, -0.2) is 4.79 Å². The minimum absolute atomic E-state index is 0. The quantitative estimate of drug-likeness (QED) is 0.172. The van der Waals surface area contributed by atoms with Crippen LogP contribution in [0.25, 0.3) is 0 Å². The van der Waals surface area contributed by atoms with Crippen molar-refractivity contribution >= 4 is 41.9 Å². The zero-order valence-corrected chi connectivity index (χ0v) is 17.4. The fraction of sp³-hybridized carbons (Fsp3) is 0.471. The zero-order chi connectivity index (χ0) is 18.1. The van der Waals surface area contributed by atoms with Gasteiger partial charge in [0.1, 0.15) is 12.4 Å². The molecule has 144 valence electrons. The van der Waals surface area contributed by atoms with Gasteiger partial charge in [-0.2, -0.15) is 0 Å². The van der Waals surface area contributed by atoms with Crippen molar-refractivity contribution in [3.63, 3.8) is 0 Å². The number of imide groups is 1. The molecule has 1 aromatic rings. The summed E-state index contributed by atoms with van der Waals surface area (Å²) in [6.45, 7) is 6.48. The number of hydrogen-bond acceptors (Lipinski definition) is 4.